The van der Waals surface area contributed by atoms with E-state index in [1.54, 1.807) is 19.1 Å². The number of benzene rings is 1. The van der Waals surface area contributed by atoms with Crippen molar-refractivity contribution in [1.29, 1.82) is 5.26 Å². The lowest BCUT2D eigenvalue weighted by Crippen LogP contribution is -2.14. The summed E-state index contributed by atoms with van der Waals surface area (Å²) in [4.78, 5) is 11.6. The first kappa shape index (κ1) is 14.1. The van der Waals surface area contributed by atoms with Gasteiger partial charge >= 0.3 is 0 Å². The Morgan fingerprint density at radius 2 is 2.30 bits per heavy atom. The summed E-state index contributed by atoms with van der Waals surface area (Å²) in [5.74, 6) is 0.150. The molecular formula is C14H13ClN4O. The molecule has 0 saturated carbocycles. The quantitative estimate of drug-likeness (QED) is 0.943. The zero-order valence-corrected chi connectivity index (χ0v) is 11.9. The number of carbonyl (C=O) groups excluding carboxylic acids is 1. The number of carbonyl (C=O) groups is 1. The lowest BCUT2D eigenvalue weighted by molar-refractivity contribution is -0.115. The lowest BCUT2D eigenvalue weighted by atomic mass is 10.2. The summed E-state index contributed by atoms with van der Waals surface area (Å²) < 4.78 is 1.47. The predicted molar refractivity (Wildman–Crippen MR) is 76.9 cm³/mol. The van der Waals surface area contributed by atoms with Crippen molar-refractivity contribution >= 4 is 23.3 Å². The number of nitrogens with zero attached hydrogens (tertiary/aromatic N) is 3. The van der Waals surface area contributed by atoms with E-state index in [0.29, 0.717) is 28.5 Å². The minimum absolute atomic E-state index is 0.188. The van der Waals surface area contributed by atoms with Gasteiger partial charge in [-0.1, -0.05) is 24.6 Å². The van der Waals surface area contributed by atoms with Crippen LogP contribution >= 0.6 is 11.6 Å². The standard InChI is InChI=1S/C14H13ClN4O/c1-3-13(20)18-14-10(7-16)8-17-19(14)12-5-4-9(2)6-11(12)15/h4-6,8H,3H2,1-2H3,(H,18,20). The normalized spacial score (nSPS) is 10.1. The van der Waals surface area contributed by atoms with E-state index >= 15 is 0 Å². The fourth-order valence-corrected chi connectivity index (χ4v) is 2.05. The number of hydrogen-bond acceptors (Lipinski definition) is 3. The van der Waals surface area contributed by atoms with E-state index in [-0.39, 0.29) is 5.91 Å². The van der Waals surface area contributed by atoms with Crippen LogP contribution in [0.4, 0.5) is 5.82 Å². The molecule has 102 valence electrons. The molecule has 0 radical (unpaired) electrons. The summed E-state index contributed by atoms with van der Waals surface area (Å²) in [6.45, 7) is 3.67. The molecule has 0 saturated heterocycles. The van der Waals surface area contributed by atoms with Crippen LogP contribution in [0.25, 0.3) is 5.69 Å². The summed E-state index contributed by atoms with van der Waals surface area (Å²) in [6.07, 6.45) is 1.72. The Balaban J connectivity index is 2.54. The highest BCUT2D eigenvalue weighted by atomic mass is 35.5. The van der Waals surface area contributed by atoms with E-state index in [4.69, 9.17) is 16.9 Å². The van der Waals surface area contributed by atoms with Crippen molar-refractivity contribution in [2.75, 3.05) is 5.32 Å². The summed E-state index contributed by atoms with van der Waals surface area (Å²) in [7, 11) is 0. The smallest absolute Gasteiger partial charge is 0.225 e. The number of hydrogen-bond donors (Lipinski definition) is 1. The molecule has 0 unspecified atom stereocenters. The Bertz CT molecular complexity index is 700. The molecule has 0 aliphatic rings. The van der Waals surface area contributed by atoms with Gasteiger partial charge in [0.15, 0.2) is 5.82 Å². The highest BCUT2D eigenvalue weighted by Crippen LogP contribution is 2.26. The van der Waals surface area contributed by atoms with Gasteiger partial charge in [0, 0.05) is 6.42 Å². The van der Waals surface area contributed by atoms with Gasteiger partial charge in [-0.25, -0.2) is 4.68 Å². The molecule has 1 aromatic carbocycles. The molecule has 1 amide bonds. The van der Waals surface area contributed by atoms with Gasteiger partial charge in [-0.05, 0) is 24.6 Å². The Kier molecular flexibility index (Phi) is 4.06. The number of aromatic nitrogens is 2. The van der Waals surface area contributed by atoms with Gasteiger partial charge in [-0.15, -0.1) is 0 Å². The van der Waals surface area contributed by atoms with Gasteiger partial charge in [-0.3, -0.25) is 4.79 Å². The second kappa shape index (κ2) is 5.76. The number of nitrogens with one attached hydrogen (secondary N) is 1. The third-order valence-electron chi connectivity index (χ3n) is 2.80. The van der Waals surface area contributed by atoms with E-state index < -0.39 is 0 Å². The van der Waals surface area contributed by atoms with Gasteiger partial charge < -0.3 is 5.32 Å². The minimum Gasteiger partial charge on any atom is -0.309 e. The summed E-state index contributed by atoms with van der Waals surface area (Å²) in [6, 6.07) is 7.49. The average molecular weight is 289 g/mol. The van der Waals surface area contributed by atoms with Gasteiger partial charge in [0.05, 0.1) is 16.9 Å². The summed E-state index contributed by atoms with van der Waals surface area (Å²) >= 11 is 6.20. The number of amides is 1. The Morgan fingerprint density at radius 3 is 2.90 bits per heavy atom. The van der Waals surface area contributed by atoms with Crippen LogP contribution in [-0.2, 0) is 4.79 Å². The first-order chi connectivity index (χ1) is 9.56. The monoisotopic (exact) mass is 288 g/mol. The van der Waals surface area contributed by atoms with Crippen LogP contribution in [0.2, 0.25) is 5.02 Å². The largest absolute Gasteiger partial charge is 0.309 e. The maximum atomic E-state index is 11.6. The van der Waals surface area contributed by atoms with Crippen molar-refractivity contribution in [2.45, 2.75) is 20.3 Å². The molecule has 0 atom stereocenters. The fraction of sp³-hybridized carbons (Fsp3) is 0.214. The van der Waals surface area contributed by atoms with Crippen LogP contribution in [0.3, 0.4) is 0 Å². The molecule has 1 heterocycles. The maximum Gasteiger partial charge on any atom is 0.225 e. The van der Waals surface area contributed by atoms with Crippen LogP contribution in [0.5, 0.6) is 0 Å². The van der Waals surface area contributed by atoms with E-state index in [0.717, 1.165) is 5.56 Å². The minimum atomic E-state index is -0.188. The van der Waals surface area contributed by atoms with Crippen molar-refractivity contribution < 1.29 is 4.79 Å². The number of aryl methyl sites for hydroxylation is 1. The van der Waals surface area contributed by atoms with Crippen molar-refractivity contribution in [3.63, 3.8) is 0 Å². The summed E-state index contributed by atoms with van der Waals surface area (Å²) in [5.41, 5.74) is 1.93. The number of halogens is 1. The predicted octanol–water partition coefficient (Wildman–Crippen LogP) is 3.05. The zero-order chi connectivity index (χ0) is 14.7. The average Bonchev–Trinajstić information content (AvgIpc) is 2.81. The van der Waals surface area contributed by atoms with Gasteiger partial charge in [-0.2, -0.15) is 10.4 Å². The second-order valence-electron chi connectivity index (χ2n) is 4.29. The molecule has 2 aromatic rings. The molecule has 0 bridgehead atoms. The first-order valence-electron chi connectivity index (χ1n) is 6.11. The third kappa shape index (κ3) is 2.65. The van der Waals surface area contributed by atoms with E-state index in [9.17, 15) is 4.79 Å². The Labute approximate surface area is 121 Å². The molecule has 0 aliphatic carbocycles. The highest BCUT2D eigenvalue weighted by Gasteiger charge is 2.16. The van der Waals surface area contributed by atoms with E-state index in [1.165, 1.54) is 10.9 Å². The molecule has 0 spiro atoms. The van der Waals surface area contributed by atoms with Crippen molar-refractivity contribution in [3.05, 3.63) is 40.5 Å². The molecule has 1 N–H and O–H groups in total. The van der Waals surface area contributed by atoms with E-state index in [1.807, 2.05) is 19.1 Å². The van der Waals surface area contributed by atoms with Gasteiger partial charge in [0.1, 0.15) is 11.6 Å². The zero-order valence-electron chi connectivity index (χ0n) is 11.1. The molecule has 1 aromatic heterocycles. The number of rotatable bonds is 3. The Hall–Kier alpha value is -2.32. The van der Waals surface area contributed by atoms with Crippen LogP contribution in [-0.4, -0.2) is 15.7 Å². The number of anilines is 1. The Morgan fingerprint density at radius 1 is 1.55 bits per heavy atom. The van der Waals surface area contributed by atoms with Gasteiger partial charge in [0.2, 0.25) is 5.91 Å². The molecule has 5 nitrogen and oxygen atoms in total. The SMILES string of the molecule is CCC(=O)Nc1c(C#N)cnn1-c1ccc(C)cc1Cl. The maximum absolute atomic E-state index is 11.6. The van der Waals surface area contributed by atoms with Crippen LogP contribution < -0.4 is 5.32 Å². The van der Waals surface area contributed by atoms with Crippen LogP contribution in [0.15, 0.2) is 24.4 Å². The molecule has 20 heavy (non-hydrogen) atoms. The van der Waals surface area contributed by atoms with Gasteiger partial charge in [0.25, 0.3) is 0 Å². The van der Waals surface area contributed by atoms with Crippen LogP contribution in [0, 0.1) is 18.3 Å². The molecule has 0 aliphatic heterocycles. The molecule has 6 heteroatoms. The summed E-state index contributed by atoms with van der Waals surface area (Å²) in [5, 5.41) is 16.4. The van der Waals surface area contributed by atoms with Crippen molar-refractivity contribution in [3.8, 4) is 11.8 Å². The highest BCUT2D eigenvalue weighted by molar-refractivity contribution is 6.32. The van der Waals surface area contributed by atoms with Crippen molar-refractivity contribution in [2.24, 2.45) is 0 Å². The third-order valence-corrected chi connectivity index (χ3v) is 3.10. The molecule has 2 rings (SSSR count). The topological polar surface area (TPSA) is 70.7 Å². The molecule has 0 fully saturated rings. The van der Waals surface area contributed by atoms with E-state index in [2.05, 4.69) is 10.4 Å². The first-order valence-corrected chi connectivity index (χ1v) is 6.49. The molecular weight excluding hydrogens is 276 g/mol. The number of nitriles is 1. The second-order valence-corrected chi connectivity index (χ2v) is 4.69. The van der Waals surface area contributed by atoms with Crippen molar-refractivity contribution in [1.82, 2.24) is 9.78 Å². The lowest BCUT2D eigenvalue weighted by Gasteiger charge is -2.10. The van der Waals surface area contributed by atoms with Crippen LogP contribution in [0.1, 0.15) is 24.5 Å². The fourth-order valence-electron chi connectivity index (χ4n) is 1.74.